The van der Waals surface area contributed by atoms with E-state index in [1.54, 1.807) is 23.7 Å². The van der Waals surface area contributed by atoms with E-state index in [9.17, 15) is 9.90 Å². The second kappa shape index (κ2) is 6.14. The van der Waals surface area contributed by atoms with E-state index in [0.717, 1.165) is 15.6 Å². The van der Waals surface area contributed by atoms with Crippen molar-refractivity contribution in [1.29, 1.82) is 0 Å². The first-order chi connectivity index (χ1) is 11.0. The summed E-state index contributed by atoms with van der Waals surface area (Å²) in [4.78, 5) is 12.4. The van der Waals surface area contributed by atoms with Gasteiger partial charge in [-0.25, -0.2) is 4.52 Å². The van der Waals surface area contributed by atoms with Gasteiger partial charge in [0.2, 0.25) is 0 Å². The first-order valence-electron chi connectivity index (χ1n) is 7.17. The Morgan fingerprint density at radius 1 is 1.26 bits per heavy atom. The molecule has 0 fully saturated rings. The van der Waals surface area contributed by atoms with Gasteiger partial charge < -0.3 is 10.4 Å². The number of benzene rings is 1. The summed E-state index contributed by atoms with van der Waals surface area (Å²) in [5.74, 6) is -0.281. The molecule has 0 radical (unpaired) electrons. The van der Waals surface area contributed by atoms with Crippen molar-refractivity contribution in [3.63, 3.8) is 0 Å². The fourth-order valence-electron chi connectivity index (χ4n) is 2.45. The van der Waals surface area contributed by atoms with E-state index >= 15 is 0 Å². The Morgan fingerprint density at radius 2 is 2.04 bits per heavy atom. The van der Waals surface area contributed by atoms with Crippen molar-refractivity contribution in [2.24, 2.45) is 0 Å². The molecule has 0 aliphatic heterocycles. The molecule has 0 bridgehead atoms. The van der Waals surface area contributed by atoms with Gasteiger partial charge in [0.05, 0.1) is 12.1 Å². The Morgan fingerprint density at radius 3 is 2.83 bits per heavy atom. The van der Waals surface area contributed by atoms with E-state index < -0.39 is 5.60 Å². The van der Waals surface area contributed by atoms with Gasteiger partial charge in [-0.15, -0.1) is 0 Å². The summed E-state index contributed by atoms with van der Waals surface area (Å²) in [6, 6.07) is 14.6. The molecule has 1 amide bonds. The van der Waals surface area contributed by atoms with Crippen LogP contribution in [0.2, 0.25) is 0 Å². The molecule has 1 atom stereocenters. The summed E-state index contributed by atoms with van der Waals surface area (Å²) < 4.78 is 2.37. The first-order valence-corrected chi connectivity index (χ1v) is 7.97. The molecule has 2 N–H and O–H groups in total. The van der Waals surface area contributed by atoms with E-state index in [1.807, 2.05) is 42.5 Å². The van der Waals surface area contributed by atoms with Crippen LogP contribution in [0, 0.1) is 0 Å². The molecule has 3 rings (SSSR count). The standard InChI is InChI=1S/C17H16BrN3O2/c1-17(23,13-6-2-3-7-14(13)18)11-19-16(22)15-9-8-12-5-4-10-20-21(12)15/h2-10,23H,11H2,1H3,(H,19,22). The van der Waals surface area contributed by atoms with Gasteiger partial charge in [-0.2, -0.15) is 5.10 Å². The fourth-order valence-corrected chi connectivity index (χ4v) is 3.17. The van der Waals surface area contributed by atoms with E-state index in [-0.39, 0.29) is 12.5 Å². The van der Waals surface area contributed by atoms with Crippen LogP contribution < -0.4 is 5.32 Å². The smallest absolute Gasteiger partial charge is 0.270 e. The minimum absolute atomic E-state index is 0.0918. The number of aliphatic hydroxyl groups is 1. The van der Waals surface area contributed by atoms with Crippen LogP contribution in [0.15, 0.2) is 59.2 Å². The zero-order valence-corrected chi connectivity index (χ0v) is 14.1. The first kappa shape index (κ1) is 15.7. The van der Waals surface area contributed by atoms with Gasteiger partial charge in [0.15, 0.2) is 0 Å². The zero-order chi connectivity index (χ0) is 16.4. The number of nitrogens with zero attached hydrogens (tertiary/aromatic N) is 2. The molecule has 23 heavy (non-hydrogen) atoms. The third kappa shape index (κ3) is 3.13. The van der Waals surface area contributed by atoms with Crippen molar-refractivity contribution in [1.82, 2.24) is 14.9 Å². The van der Waals surface area contributed by atoms with Crippen LogP contribution >= 0.6 is 15.9 Å². The SMILES string of the molecule is CC(O)(CNC(=O)c1ccc2cccnn12)c1ccccc1Br. The third-order valence-corrected chi connectivity index (χ3v) is 4.39. The largest absolute Gasteiger partial charge is 0.384 e. The Hall–Kier alpha value is -2.18. The van der Waals surface area contributed by atoms with Crippen LogP contribution in [0.5, 0.6) is 0 Å². The molecule has 2 aromatic heterocycles. The molecular formula is C17H16BrN3O2. The molecule has 1 aromatic carbocycles. The molecule has 2 heterocycles. The number of hydrogen-bond acceptors (Lipinski definition) is 3. The minimum Gasteiger partial charge on any atom is -0.384 e. The Bertz CT molecular complexity index is 858. The fraction of sp³-hybridized carbons (Fsp3) is 0.176. The molecule has 0 aliphatic rings. The molecule has 0 spiro atoms. The van der Waals surface area contributed by atoms with Gasteiger partial charge in [-0.1, -0.05) is 34.1 Å². The number of aromatic nitrogens is 2. The van der Waals surface area contributed by atoms with Crippen molar-refractivity contribution < 1.29 is 9.90 Å². The van der Waals surface area contributed by atoms with Crippen molar-refractivity contribution in [3.05, 3.63) is 70.5 Å². The molecular weight excluding hydrogens is 358 g/mol. The van der Waals surface area contributed by atoms with Crippen LogP contribution in [-0.2, 0) is 5.60 Å². The van der Waals surface area contributed by atoms with Crippen LogP contribution in [0.3, 0.4) is 0 Å². The molecule has 0 saturated heterocycles. The van der Waals surface area contributed by atoms with Gasteiger partial charge in [-0.05, 0) is 42.8 Å². The van der Waals surface area contributed by atoms with Crippen LogP contribution in [-0.4, -0.2) is 27.2 Å². The average molecular weight is 374 g/mol. The number of rotatable bonds is 4. The summed E-state index contributed by atoms with van der Waals surface area (Å²) in [5, 5.41) is 17.6. The topological polar surface area (TPSA) is 66.6 Å². The lowest BCUT2D eigenvalue weighted by molar-refractivity contribution is 0.0518. The molecule has 0 aliphatic carbocycles. The molecule has 5 nitrogen and oxygen atoms in total. The normalized spacial score (nSPS) is 13.7. The molecule has 118 valence electrons. The minimum atomic E-state index is -1.18. The van der Waals surface area contributed by atoms with Crippen molar-refractivity contribution in [2.45, 2.75) is 12.5 Å². The lowest BCUT2D eigenvalue weighted by Gasteiger charge is -2.25. The van der Waals surface area contributed by atoms with Crippen molar-refractivity contribution in [2.75, 3.05) is 6.54 Å². The summed E-state index contributed by atoms with van der Waals surface area (Å²) in [6.07, 6.45) is 1.63. The van der Waals surface area contributed by atoms with E-state index in [2.05, 4.69) is 26.3 Å². The predicted molar refractivity (Wildman–Crippen MR) is 91.2 cm³/mol. The monoisotopic (exact) mass is 373 g/mol. The highest BCUT2D eigenvalue weighted by Crippen LogP contribution is 2.27. The maximum atomic E-state index is 12.4. The van der Waals surface area contributed by atoms with Crippen LogP contribution in [0.4, 0.5) is 0 Å². The Labute approximate surface area is 142 Å². The lowest BCUT2D eigenvalue weighted by Crippen LogP contribution is -2.39. The molecule has 1 unspecified atom stereocenters. The average Bonchev–Trinajstić information content (AvgIpc) is 2.97. The summed E-state index contributed by atoms with van der Waals surface area (Å²) in [5.41, 5.74) is 0.813. The van der Waals surface area contributed by atoms with Gasteiger partial charge in [0, 0.05) is 10.7 Å². The number of halogens is 1. The number of carbonyl (C=O) groups is 1. The third-order valence-electron chi connectivity index (χ3n) is 3.70. The van der Waals surface area contributed by atoms with Gasteiger partial charge in [-0.3, -0.25) is 4.79 Å². The zero-order valence-electron chi connectivity index (χ0n) is 12.5. The summed E-state index contributed by atoms with van der Waals surface area (Å²) >= 11 is 3.42. The number of nitrogens with one attached hydrogen (secondary N) is 1. The second-order valence-electron chi connectivity index (χ2n) is 5.52. The highest BCUT2D eigenvalue weighted by atomic mass is 79.9. The van der Waals surface area contributed by atoms with Gasteiger partial charge in [0.1, 0.15) is 11.3 Å². The van der Waals surface area contributed by atoms with E-state index in [4.69, 9.17) is 0 Å². The number of hydrogen-bond donors (Lipinski definition) is 2. The Balaban J connectivity index is 1.77. The Kier molecular flexibility index (Phi) is 4.19. The van der Waals surface area contributed by atoms with Crippen LogP contribution in [0.25, 0.3) is 5.52 Å². The summed E-state index contributed by atoms with van der Waals surface area (Å²) in [7, 11) is 0. The highest BCUT2D eigenvalue weighted by Gasteiger charge is 2.26. The van der Waals surface area contributed by atoms with E-state index in [1.165, 1.54) is 0 Å². The van der Waals surface area contributed by atoms with Crippen LogP contribution in [0.1, 0.15) is 23.0 Å². The molecule has 3 aromatic rings. The van der Waals surface area contributed by atoms with Gasteiger partial charge >= 0.3 is 0 Å². The second-order valence-corrected chi connectivity index (χ2v) is 6.37. The van der Waals surface area contributed by atoms with E-state index in [0.29, 0.717) is 5.69 Å². The predicted octanol–water partition coefficient (Wildman–Crippen LogP) is 2.73. The molecule has 0 saturated carbocycles. The quantitative estimate of drug-likeness (QED) is 0.738. The maximum absolute atomic E-state index is 12.4. The van der Waals surface area contributed by atoms with Gasteiger partial charge in [0.25, 0.3) is 5.91 Å². The maximum Gasteiger partial charge on any atom is 0.270 e. The number of carbonyl (C=O) groups excluding carboxylic acids is 1. The molecule has 6 heteroatoms. The number of amides is 1. The lowest BCUT2D eigenvalue weighted by atomic mass is 9.96. The van der Waals surface area contributed by atoms with Crippen molar-refractivity contribution >= 4 is 27.4 Å². The number of fused-ring (bicyclic) bond motifs is 1. The summed E-state index contributed by atoms with van der Waals surface area (Å²) in [6.45, 7) is 1.76. The highest BCUT2D eigenvalue weighted by molar-refractivity contribution is 9.10. The van der Waals surface area contributed by atoms with Crippen molar-refractivity contribution in [3.8, 4) is 0 Å².